The van der Waals surface area contributed by atoms with E-state index in [-0.39, 0.29) is 4.90 Å². The van der Waals surface area contributed by atoms with Gasteiger partial charge in [0.2, 0.25) is 15.9 Å². The van der Waals surface area contributed by atoms with Crippen LogP contribution in [-0.4, -0.2) is 27.5 Å². The van der Waals surface area contributed by atoms with Crippen LogP contribution in [-0.2, 0) is 21.0 Å². The smallest absolute Gasteiger partial charge is 0.418 e. The van der Waals surface area contributed by atoms with Gasteiger partial charge in [-0.05, 0) is 43.3 Å². The number of halogens is 3. The van der Waals surface area contributed by atoms with Gasteiger partial charge in [-0.3, -0.25) is 4.79 Å². The maximum Gasteiger partial charge on any atom is 0.418 e. The predicted octanol–water partition coefficient (Wildman–Crippen LogP) is 3.02. The number of amides is 1. The van der Waals surface area contributed by atoms with Crippen molar-refractivity contribution in [1.29, 1.82) is 0 Å². The molecule has 0 fully saturated rings. The third-order valence-electron chi connectivity index (χ3n) is 3.59. The Morgan fingerprint density at radius 2 is 1.67 bits per heavy atom. The van der Waals surface area contributed by atoms with E-state index in [4.69, 9.17) is 4.74 Å². The number of sulfonamides is 1. The summed E-state index contributed by atoms with van der Waals surface area (Å²) in [6, 6.07) is 8.55. The molecule has 0 saturated heterocycles. The second kappa shape index (κ2) is 7.97. The number of nitrogens with one attached hydrogen (secondary N) is 2. The molecule has 1 amide bonds. The molecule has 2 aromatic rings. The number of hydrogen-bond donors (Lipinski definition) is 2. The predicted molar refractivity (Wildman–Crippen MR) is 92.9 cm³/mol. The van der Waals surface area contributed by atoms with Crippen molar-refractivity contribution in [1.82, 2.24) is 4.72 Å². The first kappa shape index (κ1) is 20.7. The summed E-state index contributed by atoms with van der Waals surface area (Å²) in [6.07, 6.45) is -4.66. The second-order valence-corrected chi connectivity index (χ2v) is 7.27. The summed E-state index contributed by atoms with van der Waals surface area (Å²) in [5.41, 5.74) is -1.48. The van der Waals surface area contributed by atoms with Crippen molar-refractivity contribution < 1.29 is 31.1 Å². The summed E-state index contributed by atoms with van der Waals surface area (Å²) < 4.78 is 70.6. The molecular weight excluding hydrogens is 385 g/mol. The summed E-state index contributed by atoms with van der Waals surface area (Å²) in [5.74, 6) is -0.479. The number of benzene rings is 2. The van der Waals surface area contributed by atoms with Crippen molar-refractivity contribution in [2.24, 2.45) is 0 Å². The molecule has 0 spiro atoms. The zero-order chi connectivity index (χ0) is 20.2. The van der Waals surface area contributed by atoms with Gasteiger partial charge in [0.25, 0.3) is 0 Å². The Morgan fingerprint density at radius 1 is 1.07 bits per heavy atom. The second-order valence-electron chi connectivity index (χ2n) is 5.55. The van der Waals surface area contributed by atoms with E-state index in [2.05, 4.69) is 10.0 Å². The molecule has 0 unspecified atom stereocenters. The molecule has 1 atom stereocenters. The Kier molecular flexibility index (Phi) is 6.11. The van der Waals surface area contributed by atoms with Crippen LogP contribution in [0.5, 0.6) is 5.75 Å². The van der Waals surface area contributed by atoms with Crippen molar-refractivity contribution in [2.45, 2.75) is 24.0 Å². The van der Waals surface area contributed by atoms with Crippen LogP contribution in [0.2, 0.25) is 0 Å². The first-order valence-electron chi connectivity index (χ1n) is 7.68. The Balaban J connectivity index is 2.14. The minimum atomic E-state index is -4.66. The van der Waals surface area contributed by atoms with E-state index in [0.29, 0.717) is 5.75 Å². The molecule has 0 aromatic heterocycles. The van der Waals surface area contributed by atoms with Gasteiger partial charge in [-0.2, -0.15) is 17.9 Å². The third-order valence-corrected chi connectivity index (χ3v) is 5.14. The highest BCUT2D eigenvalue weighted by molar-refractivity contribution is 7.89. The first-order chi connectivity index (χ1) is 12.5. The number of ether oxygens (including phenoxy) is 1. The van der Waals surface area contributed by atoms with Crippen molar-refractivity contribution in [2.75, 3.05) is 12.4 Å². The molecule has 2 N–H and O–H groups in total. The van der Waals surface area contributed by atoms with Crippen LogP contribution in [0, 0.1) is 0 Å². The largest absolute Gasteiger partial charge is 0.497 e. The summed E-state index contributed by atoms with van der Waals surface area (Å²) in [7, 11) is -2.63. The number of carbonyl (C=O) groups is 1. The van der Waals surface area contributed by atoms with Gasteiger partial charge in [0.15, 0.2) is 0 Å². The van der Waals surface area contributed by atoms with Crippen molar-refractivity contribution >= 4 is 21.6 Å². The molecule has 6 nitrogen and oxygen atoms in total. The normalized spacial score (nSPS) is 13.1. The van der Waals surface area contributed by atoms with E-state index in [1.165, 1.54) is 50.4 Å². The Hall–Kier alpha value is -2.59. The fourth-order valence-electron chi connectivity index (χ4n) is 2.19. The van der Waals surface area contributed by atoms with Gasteiger partial charge >= 0.3 is 6.18 Å². The zero-order valence-electron chi connectivity index (χ0n) is 14.4. The number of anilines is 1. The summed E-state index contributed by atoms with van der Waals surface area (Å²) in [5, 5.41) is 2.10. The molecule has 2 rings (SSSR count). The molecule has 10 heteroatoms. The van der Waals surface area contributed by atoms with Gasteiger partial charge < -0.3 is 10.1 Å². The maximum atomic E-state index is 13.0. The minimum Gasteiger partial charge on any atom is -0.497 e. The fraction of sp³-hybridized carbons (Fsp3) is 0.235. The molecule has 0 heterocycles. The molecule has 146 valence electrons. The van der Waals surface area contributed by atoms with Crippen molar-refractivity contribution in [3.63, 3.8) is 0 Å². The SMILES string of the molecule is COc1ccc(S(=O)(=O)N[C@@H](C)C(=O)Nc2ccccc2C(F)(F)F)cc1. The molecular formula is C17H17F3N2O4S. The van der Waals surface area contributed by atoms with Gasteiger partial charge in [-0.1, -0.05) is 12.1 Å². The average Bonchev–Trinajstić information content (AvgIpc) is 2.61. The van der Waals surface area contributed by atoms with E-state index in [0.717, 1.165) is 12.1 Å². The van der Waals surface area contributed by atoms with E-state index < -0.39 is 39.4 Å². The van der Waals surface area contributed by atoms with Gasteiger partial charge in [-0.15, -0.1) is 0 Å². The van der Waals surface area contributed by atoms with Gasteiger partial charge in [0, 0.05) is 0 Å². The molecule has 27 heavy (non-hydrogen) atoms. The first-order valence-corrected chi connectivity index (χ1v) is 9.16. The number of carbonyl (C=O) groups excluding carboxylic acids is 1. The lowest BCUT2D eigenvalue weighted by Crippen LogP contribution is -2.41. The Morgan fingerprint density at radius 3 is 2.22 bits per heavy atom. The molecule has 0 aliphatic rings. The summed E-state index contributed by atoms with van der Waals surface area (Å²) >= 11 is 0. The van der Waals surface area contributed by atoms with Crippen LogP contribution in [0.25, 0.3) is 0 Å². The summed E-state index contributed by atoms with van der Waals surface area (Å²) in [6.45, 7) is 1.23. The van der Waals surface area contributed by atoms with Crippen LogP contribution in [0.1, 0.15) is 12.5 Å². The quantitative estimate of drug-likeness (QED) is 0.778. The van der Waals surface area contributed by atoms with E-state index >= 15 is 0 Å². The highest BCUT2D eigenvalue weighted by Gasteiger charge is 2.34. The van der Waals surface area contributed by atoms with Crippen LogP contribution in [0.3, 0.4) is 0 Å². The Labute approximate surface area is 154 Å². The highest BCUT2D eigenvalue weighted by atomic mass is 32.2. The maximum absolute atomic E-state index is 13.0. The molecule has 0 aliphatic heterocycles. The standard InChI is InChI=1S/C17H17F3N2O4S/c1-11(22-27(24,25)13-9-7-12(26-2)8-10-13)16(23)21-15-6-4-3-5-14(15)17(18,19)20/h3-11,22H,1-2H3,(H,21,23)/t11-/m0/s1. The zero-order valence-corrected chi connectivity index (χ0v) is 15.2. The van der Waals surface area contributed by atoms with Crippen molar-refractivity contribution in [3.8, 4) is 5.75 Å². The van der Waals surface area contributed by atoms with Gasteiger partial charge in [0.1, 0.15) is 5.75 Å². The molecule has 0 aliphatic carbocycles. The molecule has 0 saturated carbocycles. The average molecular weight is 402 g/mol. The highest BCUT2D eigenvalue weighted by Crippen LogP contribution is 2.34. The lowest BCUT2D eigenvalue weighted by molar-refractivity contribution is -0.137. The lowest BCUT2D eigenvalue weighted by atomic mass is 10.1. The number of para-hydroxylation sites is 1. The van der Waals surface area contributed by atoms with E-state index in [1.54, 1.807) is 0 Å². The number of methoxy groups -OCH3 is 1. The number of alkyl halides is 3. The van der Waals surface area contributed by atoms with Crippen LogP contribution in [0.15, 0.2) is 53.4 Å². The van der Waals surface area contributed by atoms with Gasteiger partial charge in [-0.25, -0.2) is 8.42 Å². The monoisotopic (exact) mass is 402 g/mol. The van der Waals surface area contributed by atoms with Crippen LogP contribution < -0.4 is 14.8 Å². The molecule has 2 aromatic carbocycles. The van der Waals surface area contributed by atoms with Crippen LogP contribution >= 0.6 is 0 Å². The van der Waals surface area contributed by atoms with Crippen LogP contribution in [0.4, 0.5) is 18.9 Å². The fourth-order valence-corrected chi connectivity index (χ4v) is 3.39. The Bertz CT molecular complexity index is 913. The topological polar surface area (TPSA) is 84.5 Å². The number of rotatable bonds is 6. The van der Waals surface area contributed by atoms with E-state index in [1.807, 2.05) is 0 Å². The molecule has 0 bridgehead atoms. The van der Waals surface area contributed by atoms with Crippen molar-refractivity contribution in [3.05, 3.63) is 54.1 Å². The third kappa shape index (κ3) is 5.20. The summed E-state index contributed by atoms with van der Waals surface area (Å²) in [4.78, 5) is 12.1. The molecule has 0 radical (unpaired) electrons. The van der Waals surface area contributed by atoms with Gasteiger partial charge in [0.05, 0.1) is 29.3 Å². The van der Waals surface area contributed by atoms with E-state index in [9.17, 15) is 26.4 Å². The minimum absolute atomic E-state index is 0.112. The lowest BCUT2D eigenvalue weighted by Gasteiger charge is -2.17. The number of hydrogen-bond acceptors (Lipinski definition) is 4.